The maximum Gasteiger partial charge on any atom is 0.285 e. The predicted molar refractivity (Wildman–Crippen MR) is 103 cm³/mol. The zero-order valence-corrected chi connectivity index (χ0v) is 17.0. The molecule has 1 saturated heterocycles. The van der Waals surface area contributed by atoms with E-state index >= 15 is 0 Å². The van der Waals surface area contributed by atoms with Crippen LogP contribution in [0.2, 0.25) is 0 Å². The van der Waals surface area contributed by atoms with Gasteiger partial charge in [-0.15, -0.1) is 0 Å². The van der Waals surface area contributed by atoms with Gasteiger partial charge in [0.2, 0.25) is 6.79 Å². The Kier molecular flexibility index (Phi) is 6.45. The first-order valence-corrected chi connectivity index (χ1v) is 10.4. The molecule has 2 heterocycles. The second-order valence-corrected chi connectivity index (χ2v) is 8.33. The quantitative estimate of drug-likeness (QED) is 0.609. The van der Waals surface area contributed by atoms with Crippen LogP contribution in [0.15, 0.2) is 12.1 Å². The standard InChI is InChI=1S/C21H29F2NO6/c1-27-9-13-3-2-12-4-17-18(29-11-28-17)7-16(12)20(13)24-10-21(22,23)19-6-14(26)5-15(8-25)30-19/h4,7,13-15,19-20,24-26H,2-3,5-6,8-11H2,1H3. The Morgan fingerprint density at radius 3 is 2.73 bits per heavy atom. The Morgan fingerprint density at radius 2 is 2.00 bits per heavy atom. The summed E-state index contributed by atoms with van der Waals surface area (Å²) in [6, 6.07) is 3.47. The number of methoxy groups -OCH3 is 1. The molecule has 5 unspecified atom stereocenters. The first kappa shape index (κ1) is 21.7. The molecule has 7 nitrogen and oxygen atoms in total. The van der Waals surface area contributed by atoms with Crippen LogP contribution in [-0.4, -0.2) is 68.1 Å². The third kappa shape index (κ3) is 4.40. The lowest BCUT2D eigenvalue weighted by molar-refractivity contribution is -0.202. The number of aliphatic hydroxyl groups excluding tert-OH is 2. The van der Waals surface area contributed by atoms with E-state index in [2.05, 4.69) is 5.32 Å². The fourth-order valence-electron chi connectivity index (χ4n) is 4.68. The van der Waals surface area contributed by atoms with Crippen molar-refractivity contribution in [1.29, 1.82) is 0 Å². The second kappa shape index (κ2) is 8.92. The van der Waals surface area contributed by atoms with Crippen molar-refractivity contribution in [2.75, 3.05) is 33.7 Å². The lowest BCUT2D eigenvalue weighted by Gasteiger charge is -2.39. The highest BCUT2D eigenvalue weighted by Gasteiger charge is 2.46. The molecule has 5 atom stereocenters. The van der Waals surface area contributed by atoms with E-state index in [1.54, 1.807) is 7.11 Å². The van der Waals surface area contributed by atoms with Crippen LogP contribution in [0, 0.1) is 5.92 Å². The topological polar surface area (TPSA) is 89.4 Å². The number of aliphatic hydroxyl groups is 2. The van der Waals surface area contributed by atoms with Crippen molar-refractivity contribution in [2.24, 2.45) is 5.92 Å². The van der Waals surface area contributed by atoms with Crippen molar-refractivity contribution in [1.82, 2.24) is 5.32 Å². The Morgan fingerprint density at radius 1 is 1.23 bits per heavy atom. The summed E-state index contributed by atoms with van der Waals surface area (Å²) >= 11 is 0. The Labute approximate surface area is 174 Å². The van der Waals surface area contributed by atoms with Gasteiger partial charge in [-0.05, 0) is 36.1 Å². The van der Waals surface area contributed by atoms with E-state index in [0.29, 0.717) is 18.1 Å². The van der Waals surface area contributed by atoms with Gasteiger partial charge in [0.15, 0.2) is 11.5 Å². The second-order valence-electron chi connectivity index (χ2n) is 8.33. The molecule has 3 aliphatic rings. The molecule has 1 aromatic carbocycles. The van der Waals surface area contributed by atoms with Gasteiger partial charge >= 0.3 is 0 Å². The molecule has 30 heavy (non-hydrogen) atoms. The van der Waals surface area contributed by atoms with Crippen LogP contribution < -0.4 is 14.8 Å². The fraction of sp³-hybridized carbons (Fsp3) is 0.714. The third-order valence-corrected chi connectivity index (χ3v) is 6.22. The van der Waals surface area contributed by atoms with Crippen LogP contribution in [0.5, 0.6) is 11.5 Å². The molecule has 1 aromatic rings. The number of hydrogen-bond donors (Lipinski definition) is 3. The van der Waals surface area contributed by atoms with Gasteiger partial charge in [0.25, 0.3) is 5.92 Å². The van der Waals surface area contributed by atoms with Crippen molar-refractivity contribution in [3.05, 3.63) is 23.3 Å². The number of ether oxygens (including phenoxy) is 4. The van der Waals surface area contributed by atoms with Crippen LogP contribution in [-0.2, 0) is 15.9 Å². The Bertz CT molecular complexity index is 748. The molecule has 0 amide bonds. The van der Waals surface area contributed by atoms with E-state index < -0.39 is 37.4 Å². The highest BCUT2D eigenvalue weighted by atomic mass is 19.3. The van der Waals surface area contributed by atoms with E-state index in [-0.39, 0.29) is 31.6 Å². The van der Waals surface area contributed by atoms with Crippen LogP contribution in [0.3, 0.4) is 0 Å². The van der Waals surface area contributed by atoms with E-state index in [1.165, 1.54) is 0 Å². The van der Waals surface area contributed by atoms with Gasteiger partial charge in [-0.2, -0.15) is 0 Å². The highest BCUT2D eigenvalue weighted by Crippen LogP contribution is 2.43. The normalized spacial score (nSPS) is 30.9. The van der Waals surface area contributed by atoms with E-state index in [1.807, 2.05) is 12.1 Å². The molecule has 0 aromatic heterocycles. The zero-order chi connectivity index (χ0) is 21.3. The number of nitrogens with one attached hydrogen (secondary N) is 1. The summed E-state index contributed by atoms with van der Waals surface area (Å²) in [4.78, 5) is 0. The lowest BCUT2D eigenvalue weighted by Crippen LogP contribution is -2.52. The SMILES string of the molecule is COCC1CCc2cc3c(cc2C1NCC(F)(F)C1CC(O)CC(CO)O1)OCO3. The zero-order valence-electron chi connectivity index (χ0n) is 17.0. The molecule has 1 aliphatic carbocycles. The van der Waals surface area contributed by atoms with Crippen LogP contribution in [0.25, 0.3) is 0 Å². The highest BCUT2D eigenvalue weighted by molar-refractivity contribution is 5.50. The Hall–Kier alpha value is -1.52. The van der Waals surface area contributed by atoms with Crippen molar-refractivity contribution >= 4 is 0 Å². The maximum absolute atomic E-state index is 15.0. The summed E-state index contributed by atoms with van der Waals surface area (Å²) in [6.45, 7) is -0.400. The van der Waals surface area contributed by atoms with Gasteiger partial charge in [0.05, 0.1) is 32.0 Å². The summed E-state index contributed by atoms with van der Waals surface area (Å²) in [5.41, 5.74) is 1.97. The molecule has 0 saturated carbocycles. The summed E-state index contributed by atoms with van der Waals surface area (Å²) in [5.74, 6) is -1.88. The summed E-state index contributed by atoms with van der Waals surface area (Å²) < 4.78 is 51.6. The fourth-order valence-corrected chi connectivity index (χ4v) is 4.68. The third-order valence-electron chi connectivity index (χ3n) is 6.22. The number of benzene rings is 1. The smallest absolute Gasteiger partial charge is 0.285 e. The molecule has 0 spiro atoms. The van der Waals surface area contributed by atoms with Gasteiger partial charge in [-0.25, -0.2) is 8.78 Å². The molecule has 0 radical (unpaired) electrons. The van der Waals surface area contributed by atoms with Gasteiger partial charge in [0.1, 0.15) is 6.10 Å². The van der Waals surface area contributed by atoms with E-state index in [0.717, 1.165) is 24.0 Å². The van der Waals surface area contributed by atoms with E-state index in [4.69, 9.17) is 18.9 Å². The number of aryl methyl sites for hydroxylation is 1. The van der Waals surface area contributed by atoms with Crippen LogP contribution in [0.4, 0.5) is 8.78 Å². The van der Waals surface area contributed by atoms with Crippen LogP contribution >= 0.6 is 0 Å². The summed E-state index contributed by atoms with van der Waals surface area (Å²) in [7, 11) is 1.60. The minimum Gasteiger partial charge on any atom is -0.454 e. The average Bonchev–Trinajstić information content (AvgIpc) is 3.18. The molecular weight excluding hydrogens is 400 g/mol. The van der Waals surface area contributed by atoms with Crippen molar-refractivity contribution < 1.29 is 37.9 Å². The molecule has 2 aliphatic heterocycles. The average molecular weight is 429 g/mol. The van der Waals surface area contributed by atoms with Crippen molar-refractivity contribution in [2.45, 2.75) is 56.0 Å². The van der Waals surface area contributed by atoms with Crippen molar-refractivity contribution in [3.8, 4) is 11.5 Å². The first-order chi connectivity index (χ1) is 14.4. The summed E-state index contributed by atoms with van der Waals surface area (Å²) in [5, 5.41) is 22.2. The molecule has 168 valence electrons. The van der Waals surface area contributed by atoms with Gasteiger partial charge in [-0.3, -0.25) is 0 Å². The van der Waals surface area contributed by atoms with Gasteiger partial charge in [0, 0.05) is 31.9 Å². The molecular formula is C21H29F2NO6. The van der Waals surface area contributed by atoms with Crippen LogP contribution in [0.1, 0.15) is 36.4 Å². The number of hydrogen-bond acceptors (Lipinski definition) is 7. The van der Waals surface area contributed by atoms with Crippen molar-refractivity contribution in [3.63, 3.8) is 0 Å². The maximum atomic E-state index is 15.0. The minimum absolute atomic E-state index is 0.0294. The predicted octanol–water partition coefficient (Wildman–Crippen LogP) is 1.79. The number of fused-ring (bicyclic) bond motifs is 2. The van der Waals surface area contributed by atoms with Gasteiger partial charge in [-0.1, -0.05) is 0 Å². The molecule has 9 heteroatoms. The molecule has 4 rings (SSSR count). The number of alkyl halides is 2. The monoisotopic (exact) mass is 429 g/mol. The molecule has 0 bridgehead atoms. The lowest BCUT2D eigenvalue weighted by atomic mass is 9.79. The number of rotatable bonds is 7. The van der Waals surface area contributed by atoms with Gasteiger partial charge < -0.3 is 34.5 Å². The Balaban J connectivity index is 1.52. The minimum atomic E-state index is -3.21. The largest absolute Gasteiger partial charge is 0.454 e. The molecule has 1 fully saturated rings. The number of halogens is 2. The first-order valence-electron chi connectivity index (χ1n) is 10.4. The summed E-state index contributed by atoms with van der Waals surface area (Å²) in [6.07, 6.45) is -1.53. The molecule has 3 N–H and O–H groups in total. The van der Waals surface area contributed by atoms with E-state index in [9.17, 15) is 19.0 Å².